The lowest BCUT2D eigenvalue weighted by molar-refractivity contribution is -0.131. The molecule has 1 aromatic rings. The molecule has 0 spiro atoms. The smallest absolute Gasteiger partial charge is 0.250 e. The quantitative estimate of drug-likeness (QED) is 0.905. The first-order valence-electron chi connectivity index (χ1n) is 5.58. The van der Waals surface area contributed by atoms with E-state index in [0.717, 1.165) is 0 Å². The summed E-state index contributed by atoms with van der Waals surface area (Å²) in [5.74, 6) is -0.902. The number of anilines is 1. The molecule has 4 nitrogen and oxygen atoms in total. The Labute approximate surface area is 112 Å². The lowest BCUT2D eigenvalue weighted by Crippen LogP contribution is -2.58. The van der Waals surface area contributed by atoms with Crippen molar-refractivity contribution in [2.24, 2.45) is 0 Å². The number of hydrogen-bond acceptors (Lipinski definition) is 2. The van der Waals surface area contributed by atoms with E-state index in [0.29, 0.717) is 16.6 Å². The fourth-order valence-corrected chi connectivity index (χ4v) is 2.35. The van der Waals surface area contributed by atoms with Crippen molar-refractivity contribution in [2.75, 3.05) is 11.4 Å². The van der Waals surface area contributed by atoms with Crippen molar-refractivity contribution in [3.05, 3.63) is 28.5 Å². The summed E-state index contributed by atoms with van der Waals surface area (Å²) < 4.78 is 13.8. The van der Waals surface area contributed by atoms with E-state index in [9.17, 15) is 14.0 Å². The number of carbonyl (C=O) groups excluding carboxylic acids is 2. The minimum Gasteiger partial charge on any atom is -0.343 e. The molecule has 2 rings (SSSR count). The van der Waals surface area contributed by atoms with Crippen LogP contribution in [-0.2, 0) is 9.59 Å². The molecule has 18 heavy (non-hydrogen) atoms. The fraction of sp³-hybridized carbons (Fsp3) is 0.333. The van der Waals surface area contributed by atoms with Crippen molar-refractivity contribution in [3.63, 3.8) is 0 Å². The zero-order valence-corrected chi connectivity index (χ0v) is 11.3. The largest absolute Gasteiger partial charge is 0.343 e. The molecule has 0 radical (unpaired) electrons. The van der Waals surface area contributed by atoms with Gasteiger partial charge in [-0.15, -0.1) is 0 Å². The van der Waals surface area contributed by atoms with Crippen LogP contribution in [0, 0.1) is 5.82 Å². The molecule has 1 atom stereocenters. The van der Waals surface area contributed by atoms with Gasteiger partial charge in [-0.25, -0.2) is 4.39 Å². The Morgan fingerprint density at radius 2 is 2.22 bits per heavy atom. The molecule has 0 aliphatic carbocycles. The van der Waals surface area contributed by atoms with Crippen LogP contribution in [-0.4, -0.2) is 24.4 Å². The van der Waals surface area contributed by atoms with Crippen LogP contribution in [0.2, 0.25) is 0 Å². The van der Waals surface area contributed by atoms with Crippen LogP contribution in [0.3, 0.4) is 0 Å². The highest BCUT2D eigenvalue weighted by molar-refractivity contribution is 9.10. The summed E-state index contributed by atoms with van der Waals surface area (Å²) in [6.45, 7) is 1.73. The monoisotopic (exact) mass is 314 g/mol. The van der Waals surface area contributed by atoms with E-state index < -0.39 is 11.9 Å². The molecule has 6 heteroatoms. The lowest BCUT2D eigenvalue weighted by atomic mass is 10.1. The van der Waals surface area contributed by atoms with Crippen LogP contribution in [0.1, 0.15) is 13.3 Å². The van der Waals surface area contributed by atoms with Crippen LogP contribution in [0.15, 0.2) is 22.7 Å². The summed E-state index contributed by atoms with van der Waals surface area (Å²) in [5.41, 5.74) is 0.383. The third kappa shape index (κ3) is 2.38. The van der Waals surface area contributed by atoms with Gasteiger partial charge < -0.3 is 5.32 Å². The number of nitrogens with zero attached hydrogens (tertiary/aromatic N) is 1. The highest BCUT2D eigenvalue weighted by Gasteiger charge is 2.33. The van der Waals surface area contributed by atoms with E-state index in [2.05, 4.69) is 21.2 Å². The second-order valence-electron chi connectivity index (χ2n) is 4.05. The molecule has 1 aliphatic rings. The maximum Gasteiger partial charge on any atom is 0.250 e. The number of carbonyl (C=O) groups is 2. The molecule has 1 fully saturated rings. The summed E-state index contributed by atoms with van der Waals surface area (Å²) >= 11 is 3.26. The number of benzene rings is 1. The first-order valence-corrected chi connectivity index (χ1v) is 6.38. The highest BCUT2D eigenvalue weighted by Crippen LogP contribution is 2.28. The number of amides is 2. The van der Waals surface area contributed by atoms with E-state index in [1.54, 1.807) is 0 Å². The molecule has 1 aliphatic heterocycles. The molecular weight excluding hydrogens is 303 g/mol. The summed E-state index contributed by atoms with van der Waals surface area (Å²) in [4.78, 5) is 25.0. The molecule has 2 amide bonds. The van der Waals surface area contributed by atoms with Gasteiger partial charge in [0.25, 0.3) is 0 Å². The molecule has 1 aromatic carbocycles. The topological polar surface area (TPSA) is 49.4 Å². The average Bonchev–Trinajstić information content (AvgIpc) is 2.35. The van der Waals surface area contributed by atoms with Crippen molar-refractivity contribution in [2.45, 2.75) is 19.4 Å². The number of nitrogens with one attached hydrogen (secondary N) is 1. The van der Waals surface area contributed by atoms with E-state index in [-0.39, 0.29) is 18.4 Å². The van der Waals surface area contributed by atoms with Gasteiger partial charge in [0.15, 0.2) is 0 Å². The van der Waals surface area contributed by atoms with E-state index in [1.807, 2.05) is 6.92 Å². The Balaban J connectivity index is 2.39. The zero-order valence-electron chi connectivity index (χ0n) is 9.74. The van der Waals surface area contributed by atoms with Gasteiger partial charge >= 0.3 is 0 Å². The fourth-order valence-electron chi connectivity index (χ4n) is 1.88. The van der Waals surface area contributed by atoms with Crippen LogP contribution in [0.5, 0.6) is 0 Å². The standard InChI is InChI=1S/C12H12BrFN2O2/c1-2-9-12(18)16(6-11(17)15-9)10-5-7(14)3-4-8(10)13/h3-5,9H,2,6H2,1H3,(H,15,17). The molecule has 1 N–H and O–H groups in total. The predicted molar refractivity (Wildman–Crippen MR) is 68.7 cm³/mol. The third-order valence-electron chi connectivity index (χ3n) is 2.81. The van der Waals surface area contributed by atoms with Crippen molar-refractivity contribution >= 4 is 33.4 Å². The van der Waals surface area contributed by atoms with Gasteiger partial charge in [-0.2, -0.15) is 0 Å². The number of hydrogen-bond donors (Lipinski definition) is 1. The SMILES string of the molecule is CCC1NC(=O)CN(c2cc(F)ccc2Br)C1=O. The Morgan fingerprint density at radius 1 is 1.50 bits per heavy atom. The third-order valence-corrected chi connectivity index (χ3v) is 3.48. The molecular formula is C12H12BrFN2O2. The molecule has 1 heterocycles. The van der Waals surface area contributed by atoms with E-state index in [1.165, 1.54) is 23.1 Å². The molecule has 0 aromatic heterocycles. The van der Waals surface area contributed by atoms with Crippen molar-refractivity contribution in [1.82, 2.24) is 5.32 Å². The Kier molecular flexibility index (Phi) is 3.65. The van der Waals surface area contributed by atoms with Gasteiger partial charge in [0, 0.05) is 4.47 Å². The average molecular weight is 315 g/mol. The minimum atomic E-state index is -0.540. The van der Waals surface area contributed by atoms with E-state index >= 15 is 0 Å². The summed E-state index contributed by atoms with van der Waals surface area (Å²) in [6.07, 6.45) is 0.508. The lowest BCUT2D eigenvalue weighted by Gasteiger charge is -2.32. The van der Waals surface area contributed by atoms with Crippen molar-refractivity contribution in [1.29, 1.82) is 0 Å². The maximum absolute atomic E-state index is 13.2. The van der Waals surface area contributed by atoms with Gasteiger partial charge in [0.1, 0.15) is 18.4 Å². The summed E-state index contributed by atoms with van der Waals surface area (Å²) in [5, 5.41) is 2.61. The number of rotatable bonds is 2. The second-order valence-corrected chi connectivity index (χ2v) is 4.90. The predicted octanol–water partition coefficient (Wildman–Crippen LogP) is 1.83. The summed E-state index contributed by atoms with van der Waals surface area (Å²) in [6, 6.07) is 3.51. The van der Waals surface area contributed by atoms with E-state index in [4.69, 9.17) is 0 Å². The van der Waals surface area contributed by atoms with Gasteiger partial charge in [-0.3, -0.25) is 14.5 Å². The Morgan fingerprint density at radius 3 is 2.89 bits per heavy atom. The molecule has 0 saturated carbocycles. The molecule has 0 bridgehead atoms. The van der Waals surface area contributed by atoms with Gasteiger partial charge in [-0.1, -0.05) is 6.92 Å². The van der Waals surface area contributed by atoms with Crippen LogP contribution < -0.4 is 10.2 Å². The first kappa shape index (κ1) is 13.0. The van der Waals surface area contributed by atoms with Crippen LogP contribution in [0.4, 0.5) is 10.1 Å². The van der Waals surface area contributed by atoms with Crippen LogP contribution in [0.25, 0.3) is 0 Å². The Bertz CT molecular complexity index is 507. The summed E-state index contributed by atoms with van der Waals surface area (Å²) in [7, 11) is 0. The van der Waals surface area contributed by atoms with Crippen molar-refractivity contribution in [3.8, 4) is 0 Å². The number of piperazine rings is 1. The van der Waals surface area contributed by atoms with Crippen LogP contribution >= 0.6 is 15.9 Å². The second kappa shape index (κ2) is 5.06. The maximum atomic E-state index is 13.2. The molecule has 1 saturated heterocycles. The van der Waals surface area contributed by atoms with Crippen molar-refractivity contribution < 1.29 is 14.0 Å². The molecule has 96 valence electrons. The normalized spacial score (nSPS) is 19.9. The van der Waals surface area contributed by atoms with Gasteiger partial charge in [0.2, 0.25) is 11.8 Å². The molecule has 1 unspecified atom stereocenters. The zero-order chi connectivity index (χ0) is 13.3. The Hall–Kier alpha value is -1.43. The minimum absolute atomic E-state index is 0.0859. The van der Waals surface area contributed by atoms with Gasteiger partial charge in [0.05, 0.1) is 5.69 Å². The first-order chi connectivity index (χ1) is 8.52. The highest BCUT2D eigenvalue weighted by atomic mass is 79.9. The number of halogens is 2. The van der Waals surface area contributed by atoms with Gasteiger partial charge in [-0.05, 0) is 40.5 Å².